The standard InChI is InChI=1S/C46H68N8O4/c1-15-35(55)53-45(13,27(3)4)41(57)51-37(43(7,8)9)39-47-25-33(49-39)31-21-17-29(18-22-31)30-19-23-32(24-20-30)34-26-48-40(50-34)38(44(10,11)12)52-42(58)46(14,28(5)6)54-36(56)16-2/h17-28,37-38,41,51,57H,15-16H2,1-14H3,(H,47,49)(H,48,50)(H,52,58)(H,53,55)(H,54,56)/t37-,38-,41?,45?,46?/m1/s1. The highest BCUT2D eigenvalue weighted by atomic mass is 16.3. The highest BCUT2D eigenvalue weighted by molar-refractivity contribution is 5.91. The molecule has 2 aromatic carbocycles. The second-order valence-electron chi connectivity index (χ2n) is 18.8. The second kappa shape index (κ2) is 18.0. The first-order valence-electron chi connectivity index (χ1n) is 20.6. The topological polar surface area (TPSA) is 177 Å². The van der Waals surface area contributed by atoms with Gasteiger partial charge in [0.1, 0.15) is 23.4 Å². The van der Waals surface area contributed by atoms with E-state index in [2.05, 4.69) is 121 Å². The van der Waals surface area contributed by atoms with Crippen LogP contribution >= 0.6 is 0 Å². The van der Waals surface area contributed by atoms with Gasteiger partial charge in [-0.15, -0.1) is 0 Å². The molecule has 4 rings (SSSR count). The van der Waals surface area contributed by atoms with Crippen LogP contribution in [-0.4, -0.2) is 60.1 Å². The SMILES string of the molecule is CCC(=O)NC(C)(C(=O)N[C@H](c1ncc(-c2ccc(-c3ccc(-c4cnc([C@@H](NC(O)C(C)(NC(=O)CC)C(C)C)C(C)(C)C)[nH]4)cc3)cc2)[nH]1)C(C)(C)C)C(C)C. The summed E-state index contributed by atoms with van der Waals surface area (Å²) < 4.78 is 0. The lowest BCUT2D eigenvalue weighted by Crippen LogP contribution is -2.63. The van der Waals surface area contributed by atoms with Crippen LogP contribution in [0.5, 0.6) is 0 Å². The Morgan fingerprint density at radius 3 is 1.40 bits per heavy atom. The Bertz CT molecular complexity index is 2000. The Morgan fingerprint density at radius 2 is 1.02 bits per heavy atom. The molecule has 12 heteroatoms. The Kier molecular flexibility index (Phi) is 14.2. The van der Waals surface area contributed by atoms with Crippen molar-refractivity contribution < 1.29 is 19.5 Å². The van der Waals surface area contributed by atoms with Gasteiger partial charge in [0.2, 0.25) is 17.7 Å². The van der Waals surface area contributed by atoms with Gasteiger partial charge >= 0.3 is 0 Å². The van der Waals surface area contributed by atoms with Crippen LogP contribution in [-0.2, 0) is 14.4 Å². The van der Waals surface area contributed by atoms with Crippen LogP contribution in [0, 0.1) is 22.7 Å². The van der Waals surface area contributed by atoms with Gasteiger partial charge in [0.15, 0.2) is 0 Å². The number of aromatic amines is 2. The maximum Gasteiger partial charge on any atom is 0.246 e. The van der Waals surface area contributed by atoms with Crippen LogP contribution in [0.1, 0.15) is 134 Å². The number of nitrogens with one attached hydrogen (secondary N) is 6. The quantitative estimate of drug-likeness (QED) is 0.0559. The van der Waals surface area contributed by atoms with Crippen LogP contribution in [0.2, 0.25) is 0 Å². The molecule has 7 N–H and O–H groups in total. The number of aromatic nitrogens is 4. The molecule has 4 aromatic rings. The van der Waals surface area contributed by atoms with E-state index in [0.717, 1.165) is 33.6 Å². The lowest BCUT2D eigenvalue weighted by atomic mass is 9.82. The predicted molar refractivity (Wildman–Crippen MR) is 232 cm³/mol. The summed E-state index contributed by atoms with van der Waals surface area (Å²) in [5.41, 5.74) is 3.07. The van der Waals surface area contributed by atoms with E-state index in [-0.39, 0.29) is 46.4 Å². The van der Waals surface area contributed by atoms with Crippen molar-refractivity contribution in [1.82, 2.24) is 41.2 Å². The summed E-state index contributed by atoms with van der Waals surface area (Å²) in [6.07, 6.45) is 3.20. The molecule has 0 aliphatic rings. The van der Waals surface area contributed by atoms with E-state index in [9.17, 15) is 19.5 Å². The Hall–Kier alpha value is -4.81. The molecule has 2 aromatic heterocycles. The highest BCUT2D eigenvalue weighted by Crippen LogP contribution is 2.36. The molecule has 316 valence electrons. The molecule has 0 spiro atoms. The summed E-state index contributed by atoms with van der Waals surface area (Å²) in [5, 5.41) is 24.0. The number of carbonyl (C=O) groups is 3. The molecule has 2 heterocycles. The summed E-state index contributed by atoms with van der Waals surface area (Å²) in [5.74, 6) is 0.629. The lowest BCUT2D eigenvalue weighted by molar-refractivity contribution is -0.135. The lowest BCUT2D eigenvalue weighted by Gasteiger charge is -2.42. The van der Waals surface area contributed by atoms with E-state index in [1.165, 1.54) is 0 Å². The van der Waals surface area contributed by atoms with Gasteiger partial charge in [-0.25, -0.2) is 9.97 Å². The van der Waals surface area contributed by atoms with Gasteiger partial charge in [0, 0.05) is 12.8 Å². The second-order valence-corrected chi connectivity index (χ2v) is 18.8. The molecule has 5 atom stereocenters. The van der Waals surface area contributed by atoms with Crippen molar-refractivity contribution in [2.75, 3.05) is 0 Å². The van der Waals surface area contributed by atoms with Gasteiger partial charge in [-0.1, -0.05) is 132 Å². The van der Waals surface area contributed by atoms with Crippen molar-refractivity contribution >= 4 is 17.7 Å². The predicted octanol–water partition coefficient (Wildman–Crippen LogP) is 8.21. The van der Waals surface area contributed by atoms with Crippen LogP contribution in [0.4, 0.5) is 0 Å². The molecule has 3 unspecified atom stereocenters. The number of nitrogens with zero attached hydrogens (tertiary/aromatic N) is 2. The first-order chi connectivity index (χ1) is 26.9. The number of H-pyrrole nitrogens is 2. The molecule has 0 saturated heterocycles. The first-order valence-corrected chi connectivity index (χ1v) is 20.6. The summed E-state index contributed by atoms with van der Waals surface area (Å²) in [6.45, 7) is 27.5. The smallest absolute Gasteiger partial charge is 0.246 e. The molecule has 0 fully saturated rings. The molecule has 0 aliphatic carbocycles. The molecular weight excluding hydrogens is 729 g/mol. The van der Waals surface area contributed by atoms with Crippen molar-refractivity contribution in [2.24, 2.45) is 22.7 Å². The largest absolute Gasteiger partial charge is 0.376 e. The van der Waals surface area contributed by atoms with Gasteiger partial charge < -0.3 is 31.0 Å². The number of aliphatic hydroxyl groups is 1. The van der Waals surface area contributed by atoms with Gasteiger partial charge in [-0.3, -0.25) is 19.7 Å². The fourth-order valence-electron chi connectivity index (χ4n) is 6.75. The number of benzene rings is 2. The average molecular weight is 797 g/mol. The molecule has 0 saturated carbocycles. The van der Waals surface area contributed by atoms with Crippen molar-refractivity contribution in [3.05, 3.63) is 72.6 Å². The molecule has 0 aliphatic heterocycles. The zero-order chi connectivity index (χ0) is 43.4. The fourth-order valence-corrected chi connectivity index (χ4v) is 6.75. The summed E-state index contributed by atoms with van der Waals surface area (Å²) >= 11 is 0. The van der Waals surface area contributed by atoms with E-state index in [1.807, 2.05) is 40.8 Å². The van der Waals surface area contributed by atoms with Crippen molar-refractivity contribution in [3.8, 4) is 33.6 Å². The van der Waals surface area contributed by atoms with Crippen molar-refractivity contribution in [3.63, 3.8) is 0 Å². The molecular formula is C46H68N8O4. The van der Waals surface area contributed by atoms with Crippen LogP contribution in [0.3, 0.4) is 0 Å². The minimum atomic E-state index is -1.08. The number of carbonyl (C=O) groups excluding carboxylic acids is 3. The Morgan fingerprint density at radius 1 is 0.621 bits per heavy atom. The van der Waals surface area contributed by atoms with E-state index < -0.39 is 23.3 Å². The number of hydrogen-bond acceptors (Lipinski definition) is 7. The minimum Gasteiger partial charge on any atom is -0.376 e. The molecule has 0 bridgehead atoms. The van der Waals surface area contributed by atoms with Gasteiger partial charge in [0.25, 0.3) is 0 Å². The van der Waals surface area contributed by atoms with Crippen LogP contribution in [0.15, 0.2) is 60.9 Å². The van der Waals surface area contributed by atoms with Crippen LogP contribution in [0.25, 0.3) is 33.6 Å². The van der Waals surface area contributed by atoms with Crippen molar-refractivity contribution in [2.45, 2.75) is 139 Å². The maximum absolute atomic E-state index is 13.7. The number of amides is 3. The molecule has 12 nitrogen and oxygen atoms in total. The maximum atomic E-state index is 13.7. The highest BCUT2D eigenvalue weighted by Gasteiger charge is 2.43. The van der Waals surface area contributed by atoms with E-state index >= 15 is 0 Å². The first kappa shape index (κ1) is 45.9. The van der Waals surface area contributed by atoms with Gasteiger partial charge in [0.05, 0.1) is 41.4 Å². The van der Waals surface area contributed by atoms with Gasteiger partial charge in [-0.2, -0.15) is 0 Å². The monoisotopic (exact) mass is 797 g/mol. The summed E-state index contributed by atoms with van der Waals surface area (Å²) in [6, 6.07) is 15.8. The number of aliphatic hydroxyl groups excluding tert-OH is 1. The normalized spacial score (nSPS) is 15.9. The summed E-state index contributed by atoms with van der Waals surface area (Å²) in [4.78, 5) is 54.9. The molecule has 58 heavy (non-hydrogen) atoms. The van der Waals surface area contributed by atoms with E-state index in [4.69, 9.17) is 9.97 Å². The zero-order valence-corrected chi connectivity index (χ0v) is 37.1. The fraction of sp³-hybridized carbons (Fsp3) is 0.543. The van der Waals surface area contributed by atoms with Gasteiger partial charge in [-0.05, 0) is 58.8 Å². The van der Waals surface area contributed by atoms with E-state index in [1.54, 1.807) is 27.0 Å². The Labute approximate surface area is 345 Å². The van der Waals surface area contributed by atoms with Crippen LogP contribution < -0.4 is 21.3 Å². The third-order valence-corrected chi connectivity index (χ3v) is 11.6. The van der Waals surface area contributed by atoms with Crippen molar-refractivity contribution in [1.29, 1.82) is 0 Å². The van der Waals surface area contributed by atoms with E-state index in [0.29, 0.717) is 24.5 Å². The molecule has 0 radical (unpaired) electrons. The number of imidazole rings is 2. The summed E-state index contributed by atoms with van der Waals surface area (Å²) in [7, 11) is 0. The third-order valence-electron chi connectivity index (χ3n) is 11.6. The Balaban J connectivity index is 1.51. The number of rotatable bonds is 16. The minimum absolute atomic E-state index is 0.0337. The zero-order valence-electron chi connectivity index (χ0n) is 37.1. The molecule has 3 amide bonds. The number of hydrogen-bond donors (Lipinski definition) is 7. The third kappa shape index (κ3) is 10.4. The average Bonchev–Trinajstić information content (AvgIpc) is 3.85.